The van der Waals surface area contributed by atoms with E-state index in [9.17, 15) is 18.8 Å². The first kappa shape index (κ1) is 19.5. The highest BCUT2D eigenvalue weighted by Crippen LogP contribution is 2.30. The molecule has 28 heavy (non-hydrogen) atoms. The number of nitrogens with one attached hydrogen (secondary N) is 2. The van der Waals surface area contributed by atoms with Crippen molar-refractivity contribution in [1.82, 2.24) is 5.32 Å². The van der Waals surface area contributed by atoms with Gasteiger partial charge >= 0.3 is 5.97 Å². The molecule has 1 aliphatic carbocycles. The van der Waals surface area contributed by atoms with E-state index in [2.05, 4.69) is 10.6 Å². The highest BCUT2D eigenvalue weighted by atomic mass is 19.1. The van der Waals surface area contributed by atoms with Crippen LogP contribution in [0.3, 0.4) is 0 Å². The Morgan fingerprint density at radius 1 is 1.04 bits per heavy atom. The van der Waals surface area contributed by atoms with Gasteiger partial charge in [0.05, 0.1) is 18.9 Å². The summed E-state index contributed by atoms with van der Waals surface area (Å²) in [7, 11) is 0. The molecule has 0 spiro atoms. The van der Waals surface area contributed by atoms with Crippen LogP contribution in [0.2, 0.25) is 0 Å². The average molecular weight is 384 g/mol. The van der Waals surface area contributed by atoms with E-state index in [-0.39, 0.29) is 30.6 Å². The summed E-state index contributed by atoms with van der Waals surface area (Å²) in [5.41, 5.74) is 1.93. The number of carboxylic acids is 1. The maximum Gasteiger partial charge on any atom is 0.305 e. The minimum Gasteiger partial charge on any atom is -0.481 e. The molecule has 0 radical (unpaired) electrons. The fourth-order valence-electron chi connectivity index (χ4n) is 2.85. The summed E-state index contributed by atoms with van der Waals surface area (Å²) >= 11 is 0. The van der Waals surface area contributed by atoms with Crippen molar-refractivity contribution in [2.75, 3.05) is 5.32 Å². The highest BCUT2D eigenvalue weighted by molar-refractivity contribution is 5.94. The topological polar surface area (TPSA) is 95.5 Å². The third-order valence-electron chi connectivity index (χ3n) is 4.52. The van der Waals surface area contributed by atoms with Crippen molar-refractivity contribution in [1.29, 1.82) is 0 Å². The number of halogens is 1. The molecular weight excluding hydrogens is 363 g/mol. The van der Waals surface area contributed by atoms with E-state index in [4.69, 9.17) is 5.11 Å². The average Bonchev–Trinajstić information content (AvgIpc) is 3.48. The van der Waals surface area contributed by atoms with Crippen molar-refractivity contribution >= 4 is 23.5 Å². The summed E-state index contributed by atoms with van der Waals surface area (Å²) in [4.78, 5) is 35.2. The summed E-state index contributed by atoms with van der Waals surface area (Å²) in [6.45, 7) is 0. The van der Waals surface area contributed by atoms with Crippen LogP contribution in [0.1, 0.15) is 36.4 Å². The molecule has 0 heterocycles. The van der Waals surface area contributed by atoms with E-state index in [1.807, 2.05) is 0 Å². The molecule has 0 aliphatic heterocycles. The minimum absolute atomic E-state index is 0.0151. The Balaban J connectivity index is 1.59. The second kappa shape index (κ2) is 8.65. The van der Waals surface area contributed by atoms with Gasteiger partial charge in [-0.15, -0.1) is 0 Å². The number of hydrogen-bond donors (Lipinski definition) is 3. The van der Waals surface area contributed by atoms with Crippen LogP contribution in [0.4, 0.5) is 10.1 Å². The molecule has 1 saturated carbocycles. The van der Waals surface area contributed by atoms with Crippen molar-refractivity contribution in [2.45, 2.75) is 31.7 Å². The van der Waals surface area contributed by atoms with Crippen LogP contribution < -0.4 is 10.6 Å². The van der Waals surface area contributed by atoms with Gasteiger partial charge in [0.2, 0.25) is 11.8 Å². The van der Waals surface area contributed by atoms with Gasteiger partial charge < -0.3 is 15.7 Å². The molecule has 1 fully saturated rings. The van der Waals surface area contributed by atoms with Crippen molar-refractivity contribution in [3.8, 4) is 0 Å². The van der Waals surface area contributed by atoms with E-state index in [1.54, 1.807) is 24.3 Å². The molecule has 1 aliphatic rings. The molecule has 3 rings (SSSR count). The summed E-state index contributed by atoms with van der Waals surface area (Å²) in [6.07, 6.45) is 1.61. The van der Waals surface area contributed by atoms with Crippen LogP contribution in [0.25, 0.3) is 0 Å². The van der Waals surface area contributed by atoms with Gasteiger partial charge in [0.25, 0.3) is 0 Å². The number of anilines is 1. The molecule has 2 aromatic carbocycles. The SMILES string of the molecule is O=C(O)CC(NC(=O)Cc1ccc(NC(=O)C2CC2)cc1)c1ccc(F)cc1. The van der Waals surface area contributed by atoms with Crippen molar-refractivity contribution in [3.63, 3.8) is 0 Å². The van der Waals surface area contributed by atoms with E-state index >= 15 is 0 Å². The van der Waals surface area contributed by atoms with Crippen LogP contribution in [0.15, 0.2) is 48.5 Å². The third kappa shape index (κ3) is 5.64. The smallest absolute Gasteiger partial charge is 0.305 e. The highest BCUT2D eigenvalue weighted by Gasteiger charge is 2.29. The summed E-state index contributed by atoms with van der Waals surface area (Å²) in [5, 5.41) is 14.6. The van der Waals surface area contributed by atoms with Gasteiger partial charge in [-0.25, -0.2) is 4.39 Å². The number of carbonyl (C=O) groups excluding carboxylic acids is 2. The Hall–Kier alpha value is -3.22. The third-order valence-corrected chi connectivity index (χ3v) is 4.52. The first-order valence-electron chi connectivity index (χ1n) is 9.07. The quantitative estimate of drug-likeness (QED) is 0.652. The summed E-state index contributed by atoms with van der Waals surface area (Å²) in [5.74, 6) is -1.71. The van der Waals surface area contributed by atoms with Gasteiger partial charge in [-0.05, 0) is 48.2 Å². The number of rotatable bonds is 8. The first-order chi connectivity index (χ1) is 13.4. The van der Waals surface area contributed by atoms with Gasteiger partial charge in [-0.2, -0.15) is 0 Å². The standard InChI is InChI=1S/C21H21FN2O4/c22-16-7-5-14(6-8-16)18(12-20(26)27)24-19(25)11-13-1-9-17(10-2-13)23-21(28)15-3-4-15/h1-2,5-10,15,18H,3-4,11-12H2,(H,23,28)(H,24,25)(H,26,27). The van der Waals surface area contributed by atoms with Crippen LogP contribution in [-0.4, -0.2) is 22.9 Å². The molecule has 7 heteroatoms. The van der Waals surface area contributed by atoms with Crippen LogP contribution in [0, 0.1) is 11.7 Å². The van der Waals surface area contributed by atoms with Gasteiger partial charge in [-0.1, -0.05) is 24.3 Å². The van der Waals surface area contributed by atoms with Crippen LogP contribution in [0.5, 0.6) is 0 Å². The van der Waals surface area contributed by atoms with Crippen molar-refractivity contribution in [3.05, 3.63) is 65.5 Å². The zero-order valence-corrected chi connectivity index (χ0v) is 15.2. The molecule has 0 aromatic heterocycles. The second-order valence-corrected chi connectivity index (χ2v) is 6.91. The van der Waals surface area contributed by atoms with Crippen LogP contribution >= 0.6 is 0 Å². The number of benzene rings is 2. The number of hydrogen-bond acceptors (Lipinski definition) is 3. The second-order valence-electron chi connectivity index (χ2n) is 6.91. The van der Waals surface area contributed by atoms with E-state index in [1.165, 1.54) is 24.3 Å². The van der Waals surface area contributed by atoms with Crippen molar-refractivity contribution in [2.24, 2.45) is 5.92 Å². The Morgan fingerprint density at radius 2 is 1.68 bits per heavy atom. The largest absolute Gasteiger partial charge is 0.481 e. The minimum atomic E-state index is -1.06. The maximum atomic E-state index is 13.1. The van der Waals surface area contributed by atoms with Gasteiger partial charge in [0.1, 0.15) is 5.82 Å². The molecule has 0 saturated heterocycles. The molecule has 0 bridgehead atoms. The van der Waals surface area contributed by atoms with E-state index < -0.39 is 17.8 Å². The molecular formula is C21H21FN2O4. The summed E-state index contributed by atoms with van der Waals surface area (Å²) < 4.78 is 13.1. The Bertz CT molecular complexity index is 861. The normalized spacial score (nSPS) is 14.2. The van der Waals surface area contributed by atoms with Gasteiger partial charge in [0.15, 0.2) is 0 Å². The zero-order valence-electron chi connectivity index (χ0n) is 15.2. The summed E-state index contributed by atoms with van der Waals surface area (Å²) in [6, 6.07) is 11.6. The van der Waals surface area contributed by atoms with E-state index in [0.29, 0.717) is 11.3 Å². The van der Waals surface area contributed by atoms with Crippen LogP contribution in [-0.2, 0) is 20.8 Å². The lowest BCUT2D eigenvalue weighted by Crippen LogP contribution is -2.31. The van der Waals surface area contributed by atoms with Gasteiger partial charge in [0, 0.05) is 11.6 Å². The first-order valence-corrected chi connectivity index (χ1v) is 9.07. The van der Waals surface area contributed by atoms with Gasteiger partial charge in [-0.3, -0.25) is 14.4 Å². The molecule has 2 aromatic rings. The number of carboxylic acid groups (broad SMARTS) is 1. The van der Waals surface area contributed by atoms with Crippen molar-refractivity contribution < 1.29 is 23.9 Å². The number of amides is 2. The van der Waals surface area contributed by atoms with E-state index in [0.717, 1.165) is 18.4 Å². The Morgan fingerprint density at radius 3 is 2.25 bits per heavy atom. The number of aliphatic carboxylic acids is 1. The molecule has 6 nitrogen and oxygen atoms in total. The maximum absolute atomic E-state index is 13.1. The molecule has 3 N–H and O–H groups in total. The Kier molecular flexibility index (Phi) is 6.03. The zero-order chi connectivity index (χ0) is 20.1. The number of carbonyl (C=O) groups is 3. The lowest BCUT2D eigenvalue weighted by atomic mass is 10.0. The Labute approximate surface area is 161 Å². The monoisotopic (exact) mass is 384 g/mol. The molecule has 1 atom stereocenters. The predicted octanol–water partition coefficient (Wildman–Crippen LogP) is 3.05. The molecule has 1 unspecified atom stereocenters. The predicted molar refractivity (Wildman–Crippen MR) is 101 cm³/mol. The fourth-order valence-corrected chi connectivity index (χ4v) is 2.85. The lowest BCUT2D eigenvalue weighted by Gasteiger charge is -2.17. The molecule has 146 valence electrons. The lowest BCUT2D eigenvalue weighted by molar-refractivity contribution is -0.137. The fraction of sp³-hybridized carbons (Fsp3) is 0.286. The molecule has 2 amide bonds.